The van der Waals surface area contributed by atoms with Gasteiger partial charge in [-0.2, -0.15) is 0 Å². The Labute approximate surface area is 104 Å². The van der Waals surface area contributed by atoms with Gasteiger partial charge in [0.05, 0.1) is 12.0 Å². The lowest BCUT2D eigenvalue weighted by Gasteiger charge is -2.32. The minimum atomic E-state index is -1.43. The van der Waals surface area contributed by atoms with Gasteiger partial charge in [-0.3, -0.25) is 9.59 Å². The second kappa shape index (κ2) is 5.81. The van der Waals surface area contributed by atoms with Gasteiger partial charge in [-0.15, -0.1) is 0 Å². The van der Waals surface area contributed by atoms with Crippen LogP contribution in [0.15, 0.2) is 0 Å². The maximum Gasteiger partial charge on any atom is 0.326 e. The summed E-state index contributed by atoms with van der Waals surface area (Å²) in [4.78, 5) is 33.3. The molecule has 7 heteroatoms. The first-order chi connectivity index (χ1) is 8.35. The van der Waals surface area contributed by atoms with Gasteiger partial charge in [-0.1, -0.05) is 19.3 Å². The molecule has 1 aliphatic carbocycles. The van der Waals surface area contributed by atoms with Crippen LogP contribution in [0.2, 0.25) is 0 Å². The lowest BCUT2D eigenvalue weighted by atomic mass is 9.81. The van der Waals surface area contributed by atoms with Gasteiger partial charge < -0.3 is 21.3 Å². The lowest BCUT2D eigenvalue weighted by Crippen LogP contribution is -2.58. The van der Waals surface area contributed by atoms with Crippen molar-refractivity contribution >= 4 is 17.8 Å². The van der Waals surface area contributed by atoms with E-state index >= 15 is 0 Å². The lowest BCUT2D eigenvalue weighted by molar-refractivity contribution is -0.148. The molecule has 18 heavy (non-hydrogen) atoms. The van der Waals surface area contributed by atoms with Gasteiger partial charge in [-0.05, 0) is 12.8 Å². The van der Waals surface area contributed by atoms with Gasteiger partial charge in [0, 0.05) is 0 Å². The fourth-order valence-electron chi connectivity index (χ4n) is 2.09. The third kappa shape index (κ3) is 3.69. The van der Waals surface area contributed by atoms with Crippen LogP contribution < -0.4 is 11.1 Å². The standard InChI is InChI=1S/C11H18N2O5/c12-11(4-2-1-3-5-11)10(18)13-7(9(16)17)6-8(14)15/h7H,1-6,12H2,(H,13,18)(H,14,15)(H,16,17). The van der Waals surface area contributed by atoms with Gasteiger partial charge in [0.15, 0.2) is 0 Å². The van der Waals surface area contributed by atoms with E-state index in [0.29, 0.717) is 12.8 Å². The summed E-state index contributed by atoms with van der Waals surface area (Å²) in [6.07, 6.45) is 2.98. The number of aliphatic carboxylic acids is 2. The quantitative estimate of drug-likeness (QED) is 0.535. The average molecular weight is 258 g/mol. The summed E-state index contributed by atoms with van der Waals surface area (Å²) in [5.41, 5.74) is 4.86. The third-order valence-corrected chi connectivity index (χ3v) is 3.18. The normalized spacial score (nSPS) is 19.8. The van der Waals surface area contributed by atoms with Crippen molar-refractivity contribution < 1.29 is 24.6 Å². The van der Waals surface area contributed by atoms with Gasteiger partial charge in [0.1, 0.15) is 6.04 Å². The number of nitrogens with two attached hydrogens (primary N) is 1. The van der Waals surface area contributed by atoms with E-state index < -0.39 is 35.8 Å². The van der Waals surface area contributed by atoms with Gasteiger partial charge in [-0.25, -0.2) is 4.79 Å². The van der Waals surface area contributed by atoms with Crippen molar-refractivity contribution in [1.29, 1.82) is 0 Å². The zero-order valence-corrected chi connectivity index (χ0v) is 10.0. The largest absolute Gasteiger partial charge is 0.481 e. The smallest absolute Gasteiger partial charge is 0.326 e. The van der Waals surface area contributed by atoms with E-state index in [1.807, 2.05) is 0 Å². The van der Waals surface area contributed by atoms with E-state index in [1.165, 1.54) is 0 Å². The van der Waals surface area contributed by atoms with E-state index in [9.17, 15) is 14.4 Å². The Kier molecular flexibility index (Phi) is 4.66. The highest BCUT2D eigenvalue weighted by Gasteiger charge is 2.37. The molecule has 0 heterocycles. The van der Waals surface area contributed by atoms with E-state index in [1.54, 1.807) is 0 Å². The fourth-order valence-corrected chi connectivity index (χ4v) is 2.09. The summed E-state index contributed by atoms with van der Waals surface area (Å²) in [6, 6.07) is -1.43. The number of amides is 1. The maximum absolute atomic E-state index is 11.9. The molecule has 0 aromatic carbocycles. The SMILES string of the molecule is NC1(C(=O)NC(CC(=O)O)C(=O)O)CCCCC1. The molecule has 1 unspecified atom stereocenters. The van der Waals surface area contributed by atoms with Gasteiger partial charge in [0.2, 0.25) is 5.91 Å². The Bertz CT molecular complexity index is 349. The highest BCUT2D eigenvalue weighted by atomic mass is 16.4. The molecule has 102 valence electrons. The van der Waals surface area contributed by atoms with Crippen LogP contribution in [0.5, 0.6) is 0 Å². The molecule has 1 saturated carbocycles. The first-order valence-corrected chi connectivity index (χ1v) is 5.89. The Morgan fingerprint density at radius 3 is 2.17 bits per heavy atom. The molecule has 0 aliphatic heterocycles. The van der Waals surface area contributed by atoms with Crippen LogP contribution in [0.1, 0.15) is 38.5 Å². The van der Waals surface area contributed by atoms with Crippen molar-refractivity contribution in [3.63, 3.8) is 0 Å². The molecule has 5 N–H and O–H groups in total. The topological polar surface area (TPSA) is 130 Å². The van der Waals surface area contributed by atoms with E-state index in [2.05, 4.69) is 5.32 Å². The van der Waals surface area contributed by atoms with Crippen molar-refractivity contribution in [3.05, 3.63) is 0 Å². The van der Waals surface area contributed by atoms with Crippen LogP contribution >= 0.6 is 0 Å². The molecular formula is C11H18N2O5. The van der Waals surface area contributed by atoms with E-state index in [0.717, 1.165) is 19.3 Å². The van der Waals surface area contributed by atoms with Crippen molar-refractivity contribution in [3.8, 4) is 0 Å². The summed E-state index contributed by atoms with van der Waals surface area (Å²) in [5.74, 6) is -3.22. The Morgan fingerprint density at radius 1 is 1.17 bits per heavy atom. The summed E-state index contributed by atoms with van der Waals surface area (Å²) in [6.45, 7) is 0. The van der Waals surface area contributed by atoms with Crippen molar-refractivity contribution in [2.75, 3.05) is 0 Å². The Balaban J connectivity index is 2.65. The molecule has 0 radical (unpaired) electrons. The molecule has 1 amide bonds. The predicted molar refractivity (Wildman–Crippen MR) is 61.8 cm³/mol. The summed E-state index contributed by atoms with van der Waals surface area (Å²) >= 11 is 0. The van der Waals surface area contributed by atoms with E-state index in [4.69, 9.17) is 15.9 Å². The number of carbonyl (C=O) groups is 3. The van der Waals surface area contributed by atoms with Crippen molar-refractivity contribution in [2.45, 2.75) is 50.1 Å². The van der Waals surface area contributed by atoms with Crippen LogP contribution in [0.3, 0.4) is 0 Å². The number of nitrogens with one attached hydrogen (secondary N) is 1. The minimum absolute atomic E-state index is 0.498. The first-order valence-electron chi connectivity index (χ1n) is 5.89. The number of carbonyl (C=O) groups excluding carboxylic acids is 1. The number of carboxylic acid groups (broad SMARTS) is 2. The highest BCUT2D eigenvalue weighted by molar-refractivity contribution is 5.91. The van der Waals surface area contributed by atoms with Crippen molar-refractivity contribution in [1.82, 2.24) is 5.32 Å². The van der Waals surface area contributed by atoms with Crippen molar-refractivity contribution in [2.24, 2.45) is 5.73 Å². The molecule has 0 aromatic rings. The maximum atomic E-state index is 11.9. The molecule has 1 rings (SSSR count). The average Bonchev–Trinajstić information content (AvgIpc) is 2.28. The second-order valence-electron chi connectivity index (χ2n) is 4.68. The van der Waals surface area contributed by atoms with Crippen LogP contribution in [-0.4, -0.2) is 39.6 Å². The van der Waals surface area contributed by atoms with Crippen LogP contribution in [0.25, 0.3) is 0 Å². The van der Waals surface area contributed by atoms with Crippen LogP contribution in [-0.2, 0) is 14.4 Å². The third-order valence-electron chi connectivity index (χ3n) is 3.18. The Hall–Kier alpha value is -1.63. The van der Waals surface area contributed by atoms with E-state index in [-0.39, 0.29) is 0 Å². The number of hydrogen-bond acceptors (Lipinski definition) is 4. The number of hydrogen-bond donors (Lipinski definition) is 4. The zero-order chi connectivity index (χ0) is 13.8. The molecule has 0 saturated heterocycles. The summed E-state index contributed by atoms with van der Waals surface area (Å²) in [7, 11) is 0. The predicted octanol–water partition coefficient (Wildman–Crippen LogP) is -0.308. The molecule has 0 spiro atoms. The second-order valence-corrected chi connectivity index (χ2v) is 4.68. The number of rotatable bonds is 5. The number of carboxylic acids is 2. The van der Waals surface area contributed by atoms with Crippen LogP contribution in [0.4, 0.5) is 0 Å². The zero-order valence-electron chi connectivity index (χ0n) is 10.0. The molecule has 0 bridgehead atoms. The highest BCUT2D eigenvalue weighted by Crippen LogP contribution is 2.26. The summed E-state index contributed by atoms with van der Waals surface area (Å²) in [5, 5.41) is 19.6. The summed E-state index contributed by atoms with van der Waals surface area (Å²) < 4.78 is 0. The van der Waals surface area contributed by atoms with Gasteiger partial charge >= 0.3 is 11.9 Å². The Morgan fingerprint density at radius 2 is 1.72 bits per heavy atom. The van der Waals surface area contributed by atoms with Crippen LogP contribution in [0, 0.1) is 0 Å². The molecule has 1 fully saturated rings. The monoisotopic (exact) mass is 258 g/mol. The molecule has 1 atom stereocenters. The molecule has 7 nitrogen and oxygen atoms in total. The fraction of sp³-hybridized carbons (Fsp3) is 0.727. The molecule has 1 aliphatic rings. The first kappa shape index (κ1) is 14.4. The minimum Gasteiger partial charge on any atom is -0.481 e. The molecule has 0 aromatic heterocycles. The van der Waals surface area contributed by atoms with Gasteiger partial charge in [0.25, 0.3) is 0 Å². The molecular weight excluding hydrogens is 240 g/mol.